The topological polar surface area (TPSA) is 59.0 Å². The van der Waals surface area contributed by atoms with Gasteiger partial charge in [0.15, 0.2) is 0 Å². The van der Waals surface area contributed by atoms with E-state index in [1.165, 1.54) is 23.0 Å². The molecule has 9 heteroatoms. The molecular weight excluding hydrogens is 429 g/mol. The summed E-state index contributed by atoms with van der Waals surface area (Å²) in [6, 6.07) is 9.29. The van der Waals surface area contributed by atoms with Crippen LogP contribution in [0, 0.1) is 17.5 Å². The van der Waals surface area contributed by atoms with Gasteiger partial charge in [-0.05, 0) is 48.9 Å². The number of aromatic nitrogens is 2. The molecule has 31 heavy (non-hydrogen) atoms. The van der Waals surface area contributed by atoms with E-state index in [0.29, 0.717) is 12.2 Å². The van der Waals surface area contributed by atoms with E-state index in [1.54, 1.807) is 25.2 Å². The maximum Gasteiger partial charge on any atom is 0.254 e. The number of halogens is 4. The van der Waals surface area contributed by atoms with Crippen molar-refractivity contribution in [2.45, 2.75) is 18.4 Å². The van der Waals surface area contributed by atoms with E-state index in [4.69, 9.17) is 0 Å². The zero-order chi connectivity index (χ0) is 21.3. The van der Waals surface area contributed by atoms with Gasteiger partial charge in [-0.3, -0.25) is 9.48 Å². The van der Waals surface area contributed by atoms with Gasteiger partial charge < -0.3 is 10.6 Å². The lowest BCUT2D eigenvalue weighted by Crippen LogP contribution is -2.50. The Morgan fingerprint density at radius 1 is 1.13 bits per heavy atom. The van der Waals surface area contributed by atoms with Crippen molar-refractivity contribution >= 4 is 18.3 Å². The lowest BCUT2D eigenvalue weighted by molar-refractivity contribution is 0.0920. The van der Waals surface area contributed by atoms with Crippen LogP contribution in [0.2, 0.25) is 0 Å². The number of hydrogen-bond acceptors (Lipinski definition) is 3. The maximum absolute atomic E-state index is 14.7. The monoisotopic (exact) mass is 450 g/mol. The van der Waals surface area contributed by atoms with Crippen LogP contribution >= 0.6 is 12.4 Å². The third kappa shape index (κ3) is 4.75. The molecule has 0 bridgehead atoms. The molecule has 0 saturated carbocycles. The highest BCUT2D eigenvalue weighted by Gasteiger charge is 2.29. The van der Waals surface area contributed by atoms with Gasteiger partial charge in [-0.1, -0.05) is 12.1 Å². The number of amides is 1. The van der Waals surface area contributed by atoms with Crippen LogP contribution in [-0.2, 0) is 7.05 Å². The molecule has 2 N–H and O–H groups in total. The molecular formula is C22H22ClF3N4O. The fourth-order valence-electron chi connectivity index (χ4n) is 3.92. The molecule has 0 radical (unpaired) electrons. The SMILES string of the molecule is Cl.Cn1nccc1-c1cc(F)c(C(=O)N[C@@H]2CNCC[C@H]2c2ccc(F)cc2)cc1F. The van der Waals surface area contributed by atoms with Crippen LogP contribution in [0.1, 0.15) is 28.3 Å². The predicted molar refractivity (Wildman–Crippen MR) is 114 cm³/mol. The second kappa shape index (κ2) is 9.53. The standard InChI is InChI=1S/C22H21F3N4O.ClH/c1-29-21(7-9-27-29)16-10-19(25)17(11-18(16)24)22(30)28-20-12-26-8-6-15(20)13-2-4-14(23)5-3-13;/h2-5,7,9-11,15,20,26H,6,8,12H2,1H3,(H,28,30);1H/t15-,20+;/m0./s1. The molecule has 1 aromatic heterocycles. The number of carbonyl (C=O) groups is 1. The summed E-state index contributed by atoms with van der Waals surface area (Å²) in [7, 11) is 1.62. The molecule has 2 heterocycles. The molecule has 1 saturated heterocycles. The Hall–Kier alpha value is -2.84. The Morgan fingerprint density at radius 3 is 2.55 bits per heavy atom. The van der Waals surface area contributed by atoms with Crippen LogP contribution in [-0.4, -0.2) is 34.8 Å². The summed E-state index contributed by atoms with van der Waals surface area (Å²) in [5.41, 5.74) is 0.974. The largest absolute Gasteiger partial charge is 0.347 e. The molecule has 1 aliphatic rings. The number of hydrogen-bond donors (Lipinski definition) is 2. The van der Waals surface area contributed by atoms with Gasteiger partial charge in [0.1, 0.15) is 17.5 Å². The molecule has 1 aliphatic heterocycles. The van der Waals surface area contributed by atoms with Crippen molar-refractivity contribution in [3.05, 3.63) is 77.2 Å². The van der Waals surface area contributed by atoms with E-state index in [9.17, 15) is 18.0 Å². The minimum Gasteiger partial charge on any atom is -0.347 e. The fraction of sp³-hybridized carbons (Fsp3) is 0.273. The summed E-state index contributed by atoms with van der Waals surface area (Å²) >= 11 is 0. The van der Waals surface area contributed by atoms with Crippen molar-refractivity contribution < 1.29 is 18.0 Å². The summed E-state index contributed by atoms with van der Waals surface area (Å²) in [5, 5.41) is 9.97. The minimum absolute atomic E-state index is 0. The quantitative estimate of drug-likeness (QED) is 0.635. The van der Waals surface area contributed by atoms with E-state index < -0.39 is 17.5 Å². The lowest BCUT2D eigenvalue weighted by atomic mass is 9.86. The third-order valence-corrected chi connectivity index (χ3v) is 5.49. The number of piperidine rings is 1. The summed E-state index contributed by atoms with van der Waals surface area (Å²) in [4.78, 5) is 12.8. The van der Waals surface area contributed by atoms with Crippen molar-refractivity contribution in [3.8, 4) is 11.3 Å². The summed E-state index contributed by atoms with van der Waals surface area (Å²) in [5.74, 6) is -2.60. The van der Waals surface area contributed by atoms with Crippen molar-refractivity contribution in [1.29, 1.82) is 0 Å². The average molecular weight is 451 g/mol. The molecule has 2 atom stereocenters. The van der Waals surface area contributed by atoms with Crippen LogP contribution < -0.4 is 10.6 Å². The van der Waals surface area contributed by atoms with Crippen molar-refractivity contribution in [2.24, 2.45) is 7.05 Å². The molecule has 5 nitrogen and oxygen atoms in total. The Bertz CT molecular complexity index is 1070. The Morgan fingerprint density at radius 2 is 1.87 bits per heavy atom. The van der Waals surface area contributed by atoms with E-state index in [2.05, 4.69) is 15.7 Å². The number of nitrogens with zero attached hydrogens (tertiary/aromatic N) is 2. The molecule has 4 rings (SSSR count). The molecule has 0 aliphatic carbocycles. The van der Waals surface area contributed by atoms with E-state index in [-0.39, 0.29) is 41.3 Å². The molecule has 164 valence electrons. The lowest BCUT2D eigenvalue weighted by Gasteiger charge is -2.33. The van der Waals surface area contributed by atoms with Crippen LogP contribution in [0.3, 0.4) is 0 Å². The number of rotatable bonds is 4. The molecule has 2 aromatic carbocycles. The molecule has 1 amide bonds. The smallest absolute Gasteiger partial charge is 0.254 e. The highest BCUT2D eigenvalue weighted by Crippen LogP contribution is 2.28. The van der Waals surface area contributed by atoms with Crippen molar-refractivity contribution in [3.63, 3.8) is 0 Å². The van der Waals surface area contributed by atoms with Crippen LogP contribution in [0.5, 0.6) is 0 Å². The molecule has 3 aromatic rings. The summed E-state index contributed by atoms with van der Waals surface area (Å²) in [6.07, 6.45) is 2.21. The van der Waals surface area contributed by atoms with Gasteiger partial charge in [0, 0.05) is 37.3 Å². The molecule has 0 spiro atoms. The number of carbonyl (C=O) groups excluding carboxylic acids is 1. The molecule has 0 unspecified atom stereocenters. The third-order valence-electron chi connectivity index (χ3n) is 5.49. The Labute approximate surface area is 184 Å². The van der Waals surface area contributed by atoms with Crippen molar-refractivity contribution in [1.82, 2.24) is 20.4 Å². The minimum atomic E-state index is -0.813. The fourth-order valence-corrected chi connectivity index (χ4v) is 3.92. The zero-order valence-electron chi connectivity index (χ0n) is 16.7. The normalized spacial score (nSPS) is 18.3. The first-order chi connectivity index (χ1) is 14.4. The van der Waals surface area contributed by atoms with E-state index >= 15 is 0 Å². The first-order valence-corrected chi connectivity index (χ1v) is 9.68. The van der Waals surface area contributed by atoms with Crippen LogP contribution in [0.15, 0.2) is 48.7 Å². The van der Waals surface area contributed by atoms with Gasteiger partial charge in [0.25, 0.3) is 5.91 Å². The Balaban J connectivity index is 0.00000272. The summed E-state index contributed by atoms with van der Waals surface area (Å²) in [6.45, 7) is 1.22. The molecule has 1 fully saturated rings. The van der Waals surface area contributed by atoms with E-state index in [0.717, 1.165) is 30.7 Å². The summed E-state index contributed by atoms with van der Waals surface area (Å²) < 4.78 is 44.1. The average Bonchev–Trinajstić information content (AvgIpc) is 3.16. The van der Waals surface area contributed by atoms with Gasteiger partial charge in [-0.25, -0.2) is 13.2 Å². The number of benzene rings is 2. The highest BCUT2D eigenvalue weighted by atomic mass is 35.5. The maximum atomic E-state index is 14.7. The van der Waals surface area contributed by atoms with Gasteiger partial charge >= 0.3 is 0 Å². The highest BCUT2D eigenvalue weighted by molar-refractivity contribution is 5.95. The Kier molecular flexibility index (Phi) is 7.02. The number of aryl methyl sites for hydroxylation is 1. The van der Waals surface area contributed by atoms with E-state index in [1.807, 2.05) is 0 Å². The second-order valence-electron chi connectivity index (χ2n) is 7.38. The number of nitrogens with one attached hydrogen (secondary N) is 2. The first kappa shape index (κ1) is 22.8. The first-order valence-electron chi connectivity index (χ1n) is 9.68. The van der Waals surface area contributed by atoms with Crippen LogP contribution in [0.4, 0.5) is 13.2 Å². The van der Waals surface area contributed by atoms with Crippen LogP contribution in [0.25, 0.3) is 11.3 Å². The van der Waals surface area contributed by atoms with Gasteiger partial charge in [-0.15, -0.1) is 12.4 Å². The zero-order valence-corrected chi connectivity index (χ0v) is 17.6. The van der Waals surface area contributed by atoms with Gasteiger partial charge in [-0.2, -0.15) is 5.10 Å². The van der Waals surface area contributed by atoms with Gasteiger partial charge in [0.2, 0.25) is 0 Å². The predicted octanol–water partition coefficient (Wildman–Crippen LogP) is 3.80. The van der Waals surface area contributed by atoms with Crippen molar-refractivity contribution in [2.75, 3.05) is 13.1 Å². The second-order valence-corrected chi connectivity index (χ2v) is 7.38. The van der Waals surface area contributed by atoms with Gasteiger partial charge in [0.05, 0.1) is 11.3 Å².